The van der Waals surface area contributed by atoms with Crippen LogP contribution in [0, 0.1) is 0 Å². The summed E-state index contributed by atoms with van der Waals surface area (Å²) in [5.74, 6) is 0.917. The Hall–Kier alpha value is -6.82. The second-order valence-electron chi connectivity index (χ2n) is 14.7. The smallest absolute Gasteiger partial charge is 0.220 e. The van der Waals surface area contributed by atoms with Crippen LogP contribution in [0.5, 0.6) is 0 Å². The summed E-state index contributed by atoms with van der Waals surface area (Å²) in [7, 11) is 0. The van der Waals surface area contributed by atoms with Crippen molar-refractivity contribution in [3.8, 4) is 22.5 Å². The molecule has 0 saturated carbocycles. The molecule has 0 unspecified atom stereocenters. The van der Waals surface area contributed by atoms with E-state index in [1.54, 1.807) is 0 Å². The highest BCUT2D eigenvalue weighted by molar-refractivity contribution is 7.99. The fraction of sp³-hybridized carbons (Fsp3) is 0.0200. The van der Waals surface area contributed by atoms with Crippen molar-refractivity contribution in [2.45, 2.75) is 15.2 Å². The van der Waals surface area contributed by atoms with Crippen molar-refractivity contribution in [3.63, 3.8) is 0 Å². The molecule has 4 nitrogen and oxygen atoms in total. The molecular formula is C50H30N4S. The largest absolute Gasteiger partial charge is 0.309 e. The molecule has 1 spiro atoms. The van der Waals surface area contributed by atoms with Crippen LogP contribution in [-0.4, -0.2) is 18.5 Å². The van der Waals surface area contributed by atoms with Gasteiger partial charge in [0.15, 0.2) is 0 Å². The average Bonchev–Trinajstić information content (AvgIpc) is 3.96. The van der Waals surface area contributed by atoms with Gasteiger partial charge in [-0.15, -0.1) is 0 Å². The van der Waals surface area contributed by atoms with E-state index in [0.717, 1.165) is 39.2 Å². The van der Waals surface area contributed by atoms with Gasteiger partial charge in [-0.1, -0.05) is 121 Å². The molecule has 5 heteroatoms. The fourth-order valence-corrected chi connectivity index (χ4v) is 11.1. The van der Waals surface area contributed by atoms with Gasteiger partial charge in [-0.3, -0.25) is 8.97 Å². The molecule has 1 aliphatic carbocycles. The van der Waals surface area contributed by atoms with Gasteiger partial charge >= 0.3 is 0 Å². The fourth-order valence-electron chi connectivity index (χ4n) is 9.97. The molecule has 4 heterocycles. The molecule has 0 fully saturated rings. The number of benzene rings is 8. The molecule has 256 valence electrons. The van der Waals surface area contributed by atoms with Gasteiger partial charge in [0.1, 0.15) is 0 Å². The van der Waals surface area contributed by atoms with Gasteiger partial charge in [0.2, 0.25) is 5.78 Å². The van der Waals surface area contributed by atoms with Gasteiger partial charge in [0.25, 0.3) is 0 Å². The van der Waals surface area contributed by atoms with E-state index in [0.29, 0.717) is 0 Å². The van der Waals surface area contributed by atoms with Crippen molar-refractivity contribution in [2.75, 3.05) is 0 Å². The van der Waals surface area contributed by atoms with Crippen LogP contribution in [0.3, 0.4) is 0 Å². The van der Waals surface area contributed by atoms with Gasteiger partial charge in [-0.05, 0) is 106 Å². The molecule has 0 saturated heterocycles. The quantitative estimate of drug-likeness (QED) is 0.178. The number of hydrogen-bond acceptors (Lipinski definition) is 2. The van der Waals surface area contributed by atoms with Crippen molar-refractivity contribution in [3.05, 3.63) is 204 Å². The number of fused-ring (bicyclic) bond motifs is 17. The van der Waals surface area contributed by atoms with Crippen LogP contribution in [0.15, 0.2) is 192 Å². The number of rotatable bonds is 2. The zero-order chi connectivity index (χ0) is 35.8. The zero-order valence-corrected chi connectivity index (χ0v) is 30.3. The van der Waals surface area contributed by atoms with E-state index in [2.05, 4.69) is 196 Å². The molecule has 55 heavy (non-hydrogen) atoms. The summed E-state index contributed by atoms with van der Waals surface area (Å²) in [5, 5.41) is 2.44. The van der Waals surface area contributed by atoms with E-state index in [1.807, 2.05) is 11.8 Å². The van der Waals surface area contributed by atoms with E-state index >= 15 is 0 Å². The second kappa shape index (κ2) is 10.7. The Labute approximate surface area is 320 Å². The molecule has 0 radical (unpaired) electrons. The van der Waals surface area contributed by atoms with Crippen molar-refractivity contribution < 1.29 is 0 Å². The Morgan fingerprint density at radius 2 is 0.982 bits per heavy atom. The Kier molecular flexibility index (Phi) is 5.74. The number of imidazole rings is 2. The first-order chi connectivity index (χ1) is 27.3. The van der Waals surface area contributed by atoms with Crippen LogP contribution < -0.4 is 0 Å². The standard InChI is InChI=1S/C50H30N4S/c1-4-16-37-33(13-1)34-14-2-5-17-38(34)50(37)39-18-6-12-24-47(39)55-48-28-26-32(30-40(48)50)52-42-20-8-3-15-35(42)36-29-31(25-27-43(36)52)53-45-22-10-11-23-46(45)54-44-21-9-7-19-41(44)51-49(53)54/h1-30H. The molecule has 2 aliphatic rings. The lowest BCUT2D eigenvalue weighted by atomic mass is 9.67. The van der Waals surface area contributed by atoms with E-state index < -0.39 is 5.41 Å². The molecule has 11 aromatic rings. The van der Waals surface area contributed by atoms with Crippen LogP contribution in [0.2, 0.25) is 0 Å². The average molecular weight is 719 g/mol. The second-order valence-corrected chi connectivity index (χ2v) is 15.8. The Morgan fingerprint density at radius 1 is 0.400 bits per heavy atom. The summed E-state index contributed by atoms with van der Waals surface area (Å²) < 4.78 is 7.07. The van der Waals surface area contributed by atoms with Crippen LogP contribution in [0.1, 0.15) is 22.3 Å². The number of aromatic nitrogens is 4. The summed E-state index contributed by atoms with van der Waals surface area (Å²) in [6, 6.07) is 67.1. The maximum atomic E-state index is 5.17. The minimum Gasteiger partial charge on any atom is -0.309 e. The Morgan fingerprint density at radius 3 is 1.80 bits per heavy atom. The normalized spacial score (nSPS) is 13.9. The predicted octanol–water partition coefficient (Wildman–Crippen LogP) is 12.4. The van der Waals surface area contributed by atoms with Crippen LogP contribution in [0.25, 0.3) is 72.2 Å². The summed E-state index contributed by atoms with van der Waals surface area (Å²) in [4.78, 5) is 7.78. The van der Waals surface area contributed by atoms with Crippen molar-refractivity contribution in [1.82, 2.24) is 18.5 Å². The van der Waals surface area contributed by atoms with E-state index in [9.17, 15) is 0 Å². The third-order valence-electron chi connectivity index (χ3n) is 12.1. The molecular weight excluding hydrogens is 689 g/mol. The van der Waals surface area contributed by atoms with Gasteiger partial charge in [-0.25, -0.2) is 4.98 Å². The predicted molar refractivity (Wildman–Crippen MR) is 225 cm³/mol. The van der Waals surface area contributed by atoms with Crippen molar-refractivity contribution in [2.24, 2.45) is 0 Å². The first kappa shape index (κ1) is 29.6. The molecule has 3 aromatic heterocycles. The lowest BCUT2D eigenvalue weighted by Crippen LogP contribution is -2.32. The van der Waals surface area contributed by atoms with Crippen molar-refractivity contribution >= 4 is 61.4 Å². The Balaban J connectivity index is 1.08. The monoisotopic (exact) mass is 718 g/mol. The molecule has 0 N–H and O–H groups in total. The molecule has 8 aromatic carbocycles. The third kappa shape index (κ3) is 3.71. The van der Waals surface area contributed by atoms with Crippen LogP contribution in [-0.2, 0) is 5.41 Å². The molecule has 1 aliphatic heterocycles. The number of nitrogens with zero attached hydrogens (tertiary/aromatic N) is 4. The van der Waals surface area contributed by atoms with Crippen LogP contribution in [0.4, 0.5) is 0 Å². The molecule has 0 amide bonds. The lowest BCUT2D eigenvalue weighted by Gasteiger charge is -2.40. The zero-order valence-electron chi connectivity index (χ0n) is 29.5. The summed E-state index contributed by atoms with van der Waals surface area (Å²) in [6.45, 7) is 0. The van der Waals surface area contributed by atoms with E-state index in [1.165, 1.54) is 65.0 Å². The van der Waals surface area contributed by atoms with Gasteiger partial charge < -0.3 is 4.57 Å². The van der Waals surface area contributed by atoms with Crippen molar-refractivity contribution in [1.29, 1.82) is 0 Å². The van der Waals surface area contributed by atoms with Crippen LogP contribution >= 0.6 is 11.8 Å². The highest BCUT2D eigenvalue weighted by atomic mass is 32.2. The van der Waals surface area contributed by atoms with Gasteiger partial charge in [0, 0.05) is 31.9 Å². The summed E-state index contributed by atoms with van der Waals surface area (Å²) >= 11 is 1.89. The SMILES string of the molecule is c1ccc2c(c1)Sc1ccc(-n3c4ccccc4c4cc(-n5c6ccccc6n6c7ccccc7nc56)ccc43)cc1C21c2ccccc2-c2ccccc21. The van der Waals surface area contributed by atoms with Gasteiger partial charge in [0.05, 0.1) is 38.5 Å². The van der Waals surface area contributed by atoms with E-state index in [4.69, 9.17) is 4.98 Å². The molecule has 0 bridgehead atoms. The highest BCUT2D eigenvalue weighted by Gasteiger charge is 2.50. The summed E-state index contributed by atoms with van der Waals surface area (Å²) in [5.41, 5.74) is 16.6. The first-order valence-corrected chi connectivity index (χ1v) is 19.6. The number of para-hydroxylation sites is 5. The summed E-state index contributed by atoms with van der Waals surface area (Å²) in [6.07, 6.45) is 0. The van der Waals surface area contributed by atoms with E-state index in [-0.39, 0.29) is 0 Å². The maximum Gasteiger partial charge on any atom is 0.220 e. The minimum absolute atomic E-state index is 0.430. The van der Waals surface area contributed by atoms with Gasteiger partial charge in [-0.2, -0.15) is 0 Å². The molecule has 0 atom stereocenters. The maximum absolute atomic E-state index is 5.17. The number of hydrogen-bond donors (Lipinski definition) is 0. The first-order valence-electron chi connectivity index (χ1n) is 18.8. The lowest BCUT2D eigenvalue weighted by molar-refractivity contribution is 0.721. The molecule has 13 rings (SSSR count). The third-order valence-corrected chi connectivity index (χ3v) is 13.3. The topological polar surface area (TPSA) is 27.2 Å². The minimum atomic E-state index is -0.430. The highest BCUT2D eigenvalue weighted by Crippen LogP contribution is 2.62. The Bertz CT molecular complexity index is 3390.